The maximum atomic E-state index is 5.40. The highest BCUT2D eigenvalue weighted by Gasteiger charge is 2.12. The fraction of sp³-hybridized carbons (Fsp3) is 1.00. The van der Waals surface area contributed by atoms with Gasteiger partial charge in [-0.2, -0.15) is 0 Å². The van der Waals surface area contributed by atoms with Crippen molar-refractivity contribution < 1.29 is 0 Å². The van der Waals surface area contributed by atoms with Crippen LogP contribution in [0, 0.1) is 0 Å². The summed E-state index contributed by atoms with van der Waals surface area (Å²) in [7, 11) is 24.1. The van der Waals surface area contributed by atoms with Crippen molar-refractivity contribution in [1.82, 2.24) is 4.72 Å². The summed E-state index contributed by atoms with van der Waals surface area (Å²) >= 11 is 0. The van der Waals surface area contributed by atoms with Crippen molar-refractivity contribution in [3.63, 3.8) is 0 Å². The van der Waals surface area contributed by atoms with E-state index in [4.69, 9.17) is 30.9 Å². The van der Waals surface area contributed by atoms with Crippen LogP contribution in [0.3, 0.4) is 0 Å². The fourth-order valence-corrected chi connectivity index (χ4v) is 0.335. The lowest BCUT2D eigenvalue weighted by atomic mass is 9.06. The molecule has 0 rings (SSSR count). The molecule has 9 heavy (non-hydrogen) atoms. The largest absolute Gasteiger partial charge is 0.414 e. The van der Waals surface area contributed by atoms with Gasteiger partial charge < -0.3 is 4.72 Å². The van der Waals surface area contributed by atoms with Crippen molar-refractivity contribution in [2.75, 3.05) is 7.05 Å². The van der Waals surface area contributed by atoms with Gasteiger partial charge in [0, 0.05) is 38.0 Å². The first kappa shape index (κ1) is 9.41. The van der Waals surface area contributed by atoms with Crippen molar-refractivity contribution in [3.8, 4) is 0 Å². The lowest BCUT2D eigenvalue weighted by Gasteiger charge is -2.26. The molecule has 0 heterocycles. The van der Waals surface area contributed by atoms with Gasteiger partial charge in [0.05, 0.1) is 0 Å². The second kappa shape index (κ2) is 4.27. The molecule has 0 aliphatic heterocycles. The molecule has 0 fully saturated rings. The van der Waals surface area contributed by atoms with Crippen molar-refractivity contribution in [1.29, 1.82) is 0 Å². The van der Waals surface area contributed by atoms with Gasteiger partial charge in [-0.05, 0) is 7.05 Å². The molecule has 0 spiro atoms. The molecule has 0 saturated heterocycles. The molecule has 0 aromatic carbocycles. The van der Waals surface area contributed by atoms with E-state index < -0.39 is 6.63 Å². The van der Waals surface area contributed by atoms with Crippen LogP contribution in [-0.4, -0.2) is 63.0 Å². The molecule has 8 heteroatoms. The van der Waals surface area contributed by atoms with Gasteiger partial charge in [0.1, 0.15) is 13.3 Å². The summed E-state index contributed by atoms with van der Waals surface area (Å²) in [5.41, 5.74) is 0. The lowest BCUT2D eigenvalue weighted by molar-refractivity contribution is 0.864. The van der Waals surface area contributed by atoms with E-state index in [2.05, 4.69) is 0 Å². The first-order chi connectivity index (χ1) is 4.09. The van der Waals surface area contributed by atoms with Crippen molar-refractivity contribution in [2.24, 2.45) is 0 Å². The molecule has 0 aliphatic rings. The molecule has 0 unspecified atom stereocenters. The molecule has 0 atom stereocenters. The highest BCUT2D eigenvalue weighted by Crippen LogP contribution is 1.82. The molecular weight excluding hydrogens is 102 g/mol. The summed E-state index contributed by atoms with van der Waals surface area (Å²) in [4.78, 5) is 0. The molecule has 0 aromatic heterocycles. The molecule has 0 aliphatic carbocycles. The minimum absolute atomic E-state index is 0.370. The van der Waals surface area contributed by atoms with Gasteiger partial charge in [0.2, 0.25) is 0 Å². The number of hydrogen-bond donors (Lipinski definition) is 0. The Balaban J connectivity index is 3.58. The van der Waals surface area contributed by atoms with Crippen LogP contribution < -0.4 is 0 Å². The van der Waals surface area contributed by atoms with Crippen molar-refractivity contribution in [2.45, 2.75) is 0 Å². The minimum Gasteiger partial charge on any atom is -0.414 e. The summed E-state index contributed by atoms with van der Waals surface area (Å²) < 4.78 is 1.54. The third-order valence-electron chi connectivity index (χ3n) is 1.14. The fourth-order valence-electron chi connectivity index (χ4n) is 0.335. The van der Waals surface area contributed by atoms with E-state index in [-0.39, 0.29) is 6.63 Å². The molecule has 0 aromatic rings. The quantitative estimate of drug-likeness (QED) is 0.350. The third kappa shape index (κ3) is 3.19. The predicted octanol–water partition coefficient (Wildman–Crippen LogP) is -2.82. The third-order valence-corrected chi connectivity index (χ3v) is 1.14. The summed E-state index contributed by atoms with van der Waals surface area (Å²) in [6.07, 6.45) is 0. The van der Waals surface area contributed by atoms with Gasteiger partial charge in [-0.1, -0.05) is 0 Å². The van der Waals surface area contributed by atoms with Gasteiger partial charge in [-0.25, -0.2) is 0 Å². The van der Waals surface area contributed by atoms with Gasteiger partial charge in [0.25, 0.3) is 0 Å². The summed E-state index contributed by atoms with van der Waals surface area (Å²) in [5, 5.41) is 0. The summed E-state index contributed by atoms with van der Waals surface area (Å²) in [6.45, 7) is -0.926. The molecule has 33 valence electrons. The van der Waals surface area contributed by atoms with E-state index >= 15 is 0 Å². The first-order valence-corrected chi connectivity index (χ1v) is 2.63. The van der Waals surface area contributed by atoms with E-state index in [1.54, 1.807) is 11.8 Å². The van der Waals surface area contributed by atoms with Crippen LogP contribution in [0.15, 0.2) is 0 Å². The molecular formula is CH3B7N. The molecule has 0 saturated carbocycles. The van der Waals surface area contributed by atoms with Crippen LogP contribution in [0.5, 0.6) is 0 Å². The Morgan fingerprint density at radius 2 is 1.78 bits per heavy atom. The van der Waals surface area contributed by atoms with Crippen LogP contribution in [-0.2, 0) is 0 Å². The van der Waals surface area contributed by atoms with Gasteiger partial charge in [-0.15, -0.1) is 0 Å². The number of nitrogens with zero attached hydrogens (tertiary/aromatic N) is 1. The Morgan fingerprint density at radius 3 is 1.89 bits per heavy atom. The maximum Gasteiger partial charge on any atom is 0.105 e. The summed E-state index contributed by atoms with van der Waals surface area (Å²) in [6, 6.07) is 0. The van der Waals surface area contributed by atoms with E-state index in [9.17, 15) is 0 Å². The number of rotatable bonds is 3. The lowest BCUT2D eigenvalue weighted by Crippen LogP contribution is -2.52. The normalized spacial score (nSPS) is 9.11. The average Bonchev–Trinajstić information content (AvgIpc) is 1.84. The minimum atomic E-state index is -0.556. The zero-order valence-corrected chi connectivity index (χ0v) is 5.49. The summed E-state index contributed by atoms with van der Waals surface area (Å²) in [5.74, 6) is 0. The van der Waals surface area contributed by atoms with Gasteiger partial charge in [-0.3, -0.25) is 0 Å². The smallest absolute Gasteiger partial charge is 0.105 e. The average molecular weight is 105 g/mol. The topological polar surface area (TPSA) is 3.24 Å². The van der Waals surface area contributed by atoms with Crippen molar-refractivity contribution >= 4 is 51.3 Å². The Bertz CT molecular complexity index is 73.3. The van der Waals surface area contributed by atoms with E-state index in [1.165, 1.54) is 7.06 Å². The Kier molecular flexibility index (Phi) is 4.46. The highest BCUT2D eigenvalue weighted by molar-refractivity contribution is 7.48. The van der Waals surface area contributed by atoms with E-state index in [0.29, 0.717) is 0 Å². The Morgan fingerprint density at radius 1 is 1.33 bits per heavy atom. The second-order valence-corrected chi connectivity index (χ2v) is 1.84. The van der Waals surface area contributed by atoms with E-state index in [1.807, 2.05) is 0 Å². The first-order valence-electron chi connectivity index (χ1n) is 2.63. The Labute approximate surface area is 63.7 Å². The zero-order valence-electron chi connectivity index (χ0n) is 5.49. The second-order valence-electron chi connectivity index (χ2n) is 1.84. The molecule has 9 radical (unpaired) electrons. The predicted molar refractivity (Wildman–Crippen MR) is 48.0 cm³/mol. The SMILES string of the molecule is [B][B]B([B])N(C)B([B])[B]. The van der Waals surface area contributed by atoms with Crippen LogP contribution in [0.2, 0.25) is 0 Å². The maximum absolute atomic E-state index is 5.40. The van der Waals surface area contributed by atoms with Crippen LogP contribution in [0.1, 0.15) is 0 Å². The van der Waals surface area contributed by atoms with E-state index in [0.717, 1.165) is 0 Å². The standard InChI is InChI=1S/CH3B7N/c1-9(7(3)4)8(5)6-2/h1H3. The Hall–Kier alpha value is 0.415. The zero-order chi connectivity index (χ0) is 7.44. The molecule has 0 amide bonds. The molecule has 1 nitrogen and oxygen atoms in total. The van der Waals surface area contributed by atoms with Crippen LogP contribution in [0.4, 0.5) is 0 Å². The number of hydrogen-bond acceptors (Lipinski definition) is 1. The van der Waals surface area contributed by atoms with Gasteiger partial charge in [0.15, 0.2) is 0 Å². The highest BCUT2D eigenvalue weighted by atomic mass is 14.9. The van der Waals surface area contributed by atoms with Gasteiger partial charge >= 0.3 is 0 Å². The van der Waals surface area contributed by atoms with Crippen molar-refractivity contribution in [3.05, 3.63) is 0 Å². The molecule has 0 bridgehead atoms. The van der Waals surface area contributed by atoms with Crippen LogP contribution in [0.25, 0.3) is 0 Å². The molecule has 0 N–H and O–H groups in total. The van der Waals surface area contributed by atoms with Crippen LogP contribution >= 0.6 is 0 Å². The monoisotopic (exact) mass is 106 g/mol.